The number of rotatable bonds is 11. The average Bonchev–Trinajstić information content (AvgIpc) is 2.76. The smallest absolute Gasteiger partial charge is 0.410 e. The molecule has 30 heavy (non-hydrogen) atoms. The quantitative estimate of drug-likeness (QED) is 0.447. The van der Waals surface area contributed by atoms with Gasteiger partial charge in [-0.05, 0) is 24.8 Å². The lowest BCUT2D eigenvalue weighted by atomic mass is 9.81. The van der Waals surface area contributed by atoms with Gasteiger partial charge in [0.25, 0.3) is 0 Å². The molecule has 166 valence electrons. The number of morpholine rings is 1. The number of amides is 1. The second kappa shape index (κ2) is 12.1. The molecule has 5 heteroatoms. The molecule has 1 aromatic carbocycles. The highest BCUT2D eigenvalue weighted by atomic mass is 16.6. The molecule has 0 spiro atoms. The maximum absolute atomic E-state index is 12.8. The van der Waals surface area contributed by atoms with E-state index < -0.39 is 0 Å². The lowest BCUT2D eigenvalue weighted by molar-refractivity contribution is -0.131. The third-order valence-corrected chi connectivity index (χ3v) is 6.42. The molecule has 5 nitrogen and oxygen atoms in total. The number of benzene rings is 1. The van der Waals surface area contributed by atoms with Crippen LogP contribution in [-0.4, -0.2) is 42.1 Å². The molecule has 2 unspecified atom stereocenters. The van der Waals surface area contributed by atoms with Gasteiger partial charge in [-0.25, -0.2) is 4.79 Å². The molecule has 0 aromatic heterocycles. The Labute approximate surface area is 181 Å². The van der Waals surface area contributed by atoms with Crippen LogP contribution in [0, 0.1) is 5.92 Å². The molecule has 0 radical (unpaired) electrons. The van der Waals surface area contributed by atoms with Gasteiger partial charge in [0.05, 0.1) is 25.3 Å². The minimum absolute atomic E-state index is 0.0521. The molecule has 2 bridgehead atoms. The average molecular weight is 416 g/mol. The molecule has 2 aliphatic rings. The number of Topliss-reactive ketones (excluding diaryl/α,β-unsaturated/α-hetero) is 1. The maximum Gasteiger partial charge on any atom is 0.410 e. The molecule has 2 fully saturated rings. The summed E-state index contributed by atoms with van der Waals surface area (Å²) >= 11 is 0. The number of carbonyl (C=O) groups excluding carboxylic acids is 2. The van der Waals surface area contributed by atoms with E-state index in [0.717, 1.165) is 18.4 Å². The number of ether oxygens (including phenoxy) is 2. The predicted molar refractivity (Wildman–Crippen MR) is 117 cm³/mol. The van der Waals surface area contributed by atoms with Crippen molar-refractivity contribution in [2.24, 2.45) is 5.92 Å². The van der Waals surface area contributed by atoms with E-state index in [1.54, 1.807) is 0 Å². The Morgan fingerprint density at radius 1 is 0.967 bits per heavy atom. The van der Waals surface area contributed by atoms with Crippen LogP contribution in [0.3, 0.4) is 0 Å². The highest BCUT2D eigenvalue weighted by Gasteiger charge is 2.44. The summed E-state index contributed by atoms with van der Waals surface area (Å²) < 4.78 is 11.3. The Bertz CT molecular complexity index is 648. The van der Waals surface area contributed by atoms with Crippen molar-refractivity contribution in [2.45, 2.75) is 89.8 Å². The van der Waals surface area contributed by atoms with E-state index >= 15 is 0 Å². The van der Waals surface area contributed by atoms with E-state index in [1.807, 2.05) is 35.2 Å². The highest BCUT2D eigenvalue weighted by molar-refractivity contribution is 5.81. The number of fused-ring (bicyclic) bond motifs is 2. The third kappa shape index (κ3) is 6.56. The highest BCUT2D eigenvalue weighted by Crippen LogP contribution is 2.33. The monoisotopic (exact) mass is 415 g/mol. The summed E-state index contributed by atoms with van der Waals surface area (Å²) in [5.74, 6) is 0.430. The number of piperidine rings is 1. The predicted octanol–water partition coefficient (Wildman–Crippen LogP) is 5.51. The molecule has 1 amide bonds. The summed E-state index contributed by atoms with van der Waals surface area (Å²) in [4.78, 5) is 27.4. The van der Waals surface area contributed by atoms with Gasteiger partial charge >= 0.3 is 6.09 Å². The van der Waals surface area contributed by atoms with Crippen LogP contribution in [0.5, 0.6) is 0 Å². The van der Waals surface area contributed by atoms with Gasteiger partial charge < -0.3 is 9.47 Å². The number of carbonyl (C=O) groups is 2. The van der Waals surface area contributed by atoms with Crippen molar-refractivity contribution in [3.8, 4) is 0 Å². The lowest BCUT2D eigenvalue weighted by Gasteiger charge is -2.47. The summed E-state index contributed by atoms with van der Waals surface area (Å²) in [5.41, 5.74) is 0.979. The van der Waals surface area contributed by atoms with Crippen molar-refractivity contribution in [1.29, 1.82) is 0 Å². The Kier molecular flexibility index (Phi) is 9.19. The fourth-order valence-corrected chi connectivity index (χ4v) is 4.73. The van der Waals surface area contributed by atoms with Crippen LogP contribution in [-0.2, 0) is 20.9 Å². The first kappa shape index (κ1) is 22.8. The molecule has 3 rings (SSSR count). The lowest BCUT2D eigenvalue weighted by Crippen LogP contribution is -2.59. The first-order chi connectivity index (χ1) is 14.7. The molecule has 0 N–H and O–H groups in total. The SMILES string of the molecule is CCCCCCCCCC(=O)C1CC2COCC(C1)N2C(=O)OCc1ccccc1. The van der Waals surface area contributed by atoms with Crippen LogP contribution >= 0.6 is 0 Å². The van der Waals surface area contributed by atoms with Crippen LogP contribution in [0.4, 0.5) is 4.79 Å². The second-order valence-electron chi connectivity index (χ2n) is 8.80. The summed E-state index contributed by atoms with van der Waals surface area (Å²) in [7, 11) is 0. The normalized spacial score (nSPS) is 23.2. The Morgan fingerprint density at radius 2 is 1.60 bits per heavy atom. The molecular weight excluding hydrogens is 378 g/mol. The molecule has 0 saturated carbocycles. The van der Waals surface area contributed by atoms with Crippen molar-refractivity contribution in [2.75, 3.05) is 13.2 Å². The van der Waals surface area contributed by atoms with E-state index in [0.29, 0.717) is 38.3 Å². The number of hydrogen-bond donors (Lipinski definition) is 0. The van der Waals surface area contributed by atoms with Gasteiger partial charge in [-0.2, -0.15) is 0 Å². The molecule has 0 aliphatic carbocycles. The first-order valence-corrected chi connectivity index (χ1v) is 11.8. The van der Waals surface area contributed by atoms with Crippen molar-refractivity contribution in [3.05, 3.63) is 35.9 Å². The molecule has 2 heterocycles. The zero-order valence-electron chi connectivity index (χ0n) is 18.4. The van der Waals surface area contributed by atoms with Crippen LogP contribution in [0.15, 0.2) is 30.3 Å². The first-order valence-electron chi connectivity index (χ1n) is 11.8. The summed E-state index contributed by atoms with van der Waals surface area (Å²) in [6.07, 6.45) is 10.4. The maximum atomic E-state index is 12.8. The summed E-state index contributed by atoms with van der Waals surface area (Å²) in [5, 5.41) is 0. The molecule has 2 aliphatic heterocycles. The minimum Gasteiger partial charge on any atom is -0.445 e. The second-order valence-corrected chi connectivity index (χ2v) is 8.80. The Balaban J connectivity index is 1.43. The third-order valence-electron chi connectivity index (χ3n) is 6.42. The van der Waals surface area contributed by atoms with E-state index in [1.165, 1.54) is 32.1 Å². The van der Waals surface area contributed by atoms with E-state index in [4.69, 9.17) is 9.47 Å². The van der Waals surface area contributed by atoms with Gasteiger partial charge in [-0.1, -0.05) is 75.8 Å². The van der Waals surface area contributed by atoms with Crippen LogP contribution in [0.1, 0.15) is 76.7 Å². The van der Waals surface area contributed by atoms with Gasteiger partial charge in [0.15, 0.2) is 0 Å². The number of ketones is 1. The van der Waals surface area contributed by atoms with Gasteiger partial charge in [0.2, 0.25) is 0 Å². The molecule has 2 atom stereocenters. The zero-order valence-corrected chi connectivity index (χ0v) is 18.4. The fourth-order valence-electron chi connectivity index (χ4n) is 4.73. The standard InChI is InChI=1S/C25H37NO4/c1-2-3-4-5-6-7-11-14-24(27)21-15-22-18-29-19-23(16-21)26(22)25(28)30-17-20-12-9-8-10-13-20/h8-10,12-13,21-23H,2-7,11,14-19H2,1H3. The molecular formula is C25H37NO4. The van der Waals surface area contributed by atoms with Crippen LogP contribution in [0.25, 0.3) is 0 Å². The van der Waals surface area contributed by atoms with E-state index in [-0.39, 0.29) is 30.7 Å². The zero-order chi connectivity index (χ0) is 21.2. The van der Waals surface area contributed by atoms with E-state index in [9.17, 15) is 9.59 Å². The topological polar surface area (TPSA) is 55.8 Å². The Hall–Kier alpha value is -1.88. The Morgan fingerprint density at radius 3 is 2.27 bits per heavy atom. The summed E-state index contributed by atoms with van der Waals surface area (Å²) in [6, 6.07) is 9.62. The number of nitrogens with zero attached hydrogens (tertiary/aromatic N) is 1. The number of unbranched alkanes of at least 4 members (excludes halogenated alkanes) is 6. The van der Waals surface area contributed by atoms with Gasteiger partial charge in [0.1, 0.15) is 12.4 Å². The van der Waals surface area contributed by atoms with Crippen LogP contribution < -0.4 is 0 Å². The largest absolute Gasteiger partial charge is 0.445 e. The van der Waals surface area contributed by atoms with Crippen LogP contribution in [0.2, 0.25) is 0 Å². The van der Waals surface area contributed by atoms with Crippen molar-refractivity contribution in [3.63, 3.8) is 0 Å². The van der Waals surface area contributed by atoms with Crippen molar-refractivity contribution in [1.82, 2.24) is 4.90 Å². The van der Waals surface area contributed by atoms with Crippen molar-refractivity contribution < 1.29 is 19.1 Å². The number of hydrogen-bond acceptors (Lipinski definition) is 4. The minimum atomic E-state index is -0.282. The summed E-state index contributed by atoms with van der Waals surface area (Å²) in [6.45, 7) is 3.50. The fraction of sp³-hybridized carbons (Fsp3) is 0.680. The van der Waals surface area contributed by atoms with Gasteiger partial charge in [-0.15, -0.1) is 0 Å². The molecule has 1 aromatic rings. The van der Waals surface area contributed by atoms with Gasteiger partial charge in [-0.3, -0.25) is 9.69 Å². The van der Waals surface area contributed by atoms with E-state index in [2.05, 4.69) is 6.92 Å². The van der Waals surface area contributed by atoms with Gasteiger partial charge in [0, 0.05) is 12.3 Å². The van der Waals surface area contributed by atoms with Crippen molar-refractivity contribution >= 4 is 11.9 Å². The molecule has 2 saturated heterocycles.